The summed E-state index contributed by atoms with van der Waals surface area (Å²) < 4.78 is 0. The van der Waals surface area contributed by atoms with Crippen molar-refractivity contribution in [3.63, 3.8) is 0 Å². The minimum atomic E-state index is 0.0215. The van der Waals surface area contributed by atoms with Gasteiger partial charge in [0.1, 0.15) is 4.88 Å². The molecule has 122 valence electrons. The number of aromatic nitrogens is 1. The van der Waals surface area contributed by atoms with Crippen molar-refractivity contribution in [1.29, 1.82) is 0 Å². The number of hydrogen-bond donors (Lipinski definition) is 2. The van der Waals surface area contributed by atoms with Crippen LogP contribution in [0.5, 0.6) is 0 Å². The fraction of sp³-hybridized carbons (Fsp3) is 0.750. The number of amides is 1. The van der Waals surface area contributed by atoms with Gasteiger partial charge in [-0.05, 0) is 31.6 Å². The van der Waals surface area contributed by atoms with E-state index in [2.05, 4.69) is 20.5 Å². The fourth-order valence-electron chi connectivity index (χ4n) is 3.57. The van der Waals surface area contributed by atoms with E-state index in [1.165, 1.54) is 43.6 Å². The van der Waals surface area contributed by atoms with Gasteiger partial charge in [0, 0.05) is 32.7 Å². The van der Waals surface area contributed by atoms with E-state index in [9.17, 15) is 4.79 Å². The van der Waals surface area contributed by atoms with Gasteiger partial charge < -0.3 is 15.5 Å². The molecule has 0 atom stereocenters. The predicted octanol–water partition coefficient (Wildman–Crippen LogP) is 2.57. The highest BCUT2D eigenvalue weighted by Gasteiger charge is 2.24. The van der Waals surface area contributed by atoms with Crippen LogP contribution in [0.2, 0.25) is 0 Å². The summed E-state index contributed by atoms with van der Waals surface area (Å²) in [6, 6.07) is 0.312. The molecule has 1 saturated carbocycles. The third-order valence-corrected chi connectivity index (χ3v) is 5.87. The van der Waals surface area contributed by atoms with Gasteiger partial charge in [-0.25, -0.2) is 4.98 Å². The van der Waals surface area contributed by atoms with Crippen molar-refractivity contribution < 1.29 is 4.79 Å². The molecule has 5 nitrogen and oxygen atoms in total. The maximum atomic E-state index is 12.2. The zero-order valence-electron chi connectivity index (χ0n) is 13.3. The number of nitrogens with zero attached hydrogens (tertiary/aromatic N) is 2. The standard InChI is InChI=1S/C16H26N4OS/c1-17-16-18-10-14(22-16)15(21)19-13-6-8-20(9-7-13)11-12-4-2-3-5-12/h10,12-13H,2-9,11H2,1H3,(H,17,18)(H,19,21). The van der Waals surface area contributed by atoms with Crippen molar-refractivity contribution in [1.82, 2.24) is 15.2 Å². The summed E-state index contributed by atoms with van der Waals surface area (Å²) in [6.45, 7) is 3.50. The van der Waals surface area contributed by atoms with Gasteiger partial charge in [0.05, 0.1) is 6.20 Å². The maximum absolute atomic E-state index is 12.2. The van der Waals surface area contributed by atoms with Crippen molar-refractivity contribution in [2.45, 2.75) is 44.6 Å². The summed E-state index contributed by atoms with van der Waals surface area (Å²) in [6.07, 6.45) is 9.44. The van der Waals surface area contributed by atoms with Gasteiger partial charge in [0.25, 0.3) is 5.91 Å². The molecule has 0 spiro atoms. The molecule has 2 heterocycles. The number of anilines is 1. The number of likely N-dealkylation sites (tertiary alicyclic amines) is 1. The first-order chi connectivity index (χ1) is 10.7. The van der Waals surface area contributed by atoms with Crippen LogP contribution in [-0.2, 0) is 0 Å². The molecule has 1 saturated heterocycles. The number of carbonyl (C=O) groups excluding carboxylic acids is 1. The molecule has 1 aromatic heterocycles. The van der Waals surface area contributed by atoms with Gasteiger partial charge in [-0.2, -0.15) is 0 Å². The van der Waals surface area contributed by atoms with E-state index in [1.54, 1.807) is 6.20 Å². The zero-order valence-corrected chi connectivity index (χ0v) is 14.1. The molecule has 1 aliphatic carbocycles. The quantitative estimate of drug-likeness (QED) is 0.875. The predicted molar refractivity (Wildman–Crippen MR) is 90.5 cm³/mol. The number of rotatable bonds is 5. The van der Waals surface area contributed by atoms with Crippen LogP contribution in [0.25, 0.3) is 0 Å². The molecule has 3 rings (SSSR count). The minimum Gasteiger partial charge on any atom is -0.365 e. The summed E-state index contributed by atoms with van der Waals surface area (Å²) in [5.41, 5.74) is 0. The SMILES string of the molecule is CNc1ncc(C(=O)NC2CCN(CC3CCCC3)CC2)s1. The van der Waals surface area contributed by atoms with Gasteiger partial charge in [-0.15, -0.1) is 0 Å². The number of thiazole rings is 1. The Morgan fingerprint density at radius 1 is 1.32 bits per heavy atom. The van der Waals surface area contributed by atoms with Gasteiger partial charge in [-0.3, -0.25) is 4.79 Å². The molecule has 2 aliphatic rings. The smallest absolute Gasteiger partial charge is 0.263 e. The van der Waals surface area contributed by atoms with Crippen LogP contribution in [0.1, 0.15) is 48.2 Å². The van der Waals surface area contributed by atoms with Crippen LogP contribution in [0, 0.1) is 5.92 Å². The second-order valence-electron chi connectivity index (χ2n) is 6.48. The average molecular weight is 322 g/mol. The number of carbonyl (C=O) groups is 1. The van der Waals surface area contributed by atoms with E-state index in [0.717, 1.165) is 37.0 Å². The number of nitrogens with one attached hydrogen (secondary N) is 2. The Hall–Kier alpha value is -1.14. The van der Waals surface area contributed by atoms with Crippen molar-refractivity contribution in [2.24, 2.45) is 5.92 Å². The number of piperidine rings is 1. The van der Waals surface area contributed by atoms with E-state index in [-0.39, 0.29) is 5.91 Å². The second kappa shape index (κ2) is 7.42. The first-order valence-corrected chi connectivity index (χ1v) is 9.23. The van der Waals surface area contributed by atoms with E-state index >= 15 is 0 Å². The Labute approximate surface area is 136 Å². The van der Waals surface area contributed by atoms with E-state index in [1.807, 2.05) is 7.05 Å². The van der Waals surface area contributed by atoms with E-state index < -0.39 is 0 Å². The summed E-state index contributed by atoms with van der Waals surface area (Å²) in [5, 5.41) is 6.92. The lowest BCUT2D eigenvalue weighted by molar-refractivity contribution is 0.0909. The third-order valence-electron chi connectivity index (χ3n) is 4.86. The molecule has 22 heavy (non-hydrogen) atoms. The summed E-state index contributed by atoms with van der Waals surface area (Å²) in [5.74, 6) is 0.941. The second-order valence-corrected chi connectivity index (χ2v) is 7.51. The Kier molecular flexibility index (Phi) is 5.31. The van der Waals surface area contributed by atoms with Gasteiger partial charge in [0.2, 0.25) is 0 Å². The topological polar surface area (TPSA) is 57.3 Å². The van der Waals surface area contributed by atoms with Crippen LogP contribution in [0.4, 0.5) is 5.13 Å². The van der Waals surface area contributed by atoms with E-state index in [4.69, 9.17) is 0 Å². The van der Waals surface area contributed by atoms with Crippen LogP contribution in [-0.4, -0.2) is 48.5 Å². The monoisotopic (exact) mass is 322 g/mol. The lowest BCUT2D eigenvalue weighted by Crippen LogP contribution is -2.45. The highest BCUT2D eigenvalue weighted by atomic mass is 32.1. The lowest BCUT2D eigenvalue weighted by Gasteiger charge is -2.33. The first kappa shape index (κ1) is 15.7. The molecule has 0 unspecified atom stereocenters. The molecule has 0 aromatic carbocycles. The first-order valence-electron chi connectivity index (χ1n) is 8.41. The Bertz CT molecular complexity index is 490. The molecule has 2 fully saturated rings. The van der Waals surface area contributed by atoms with Crippen molar-refractivity contribution in [2.75, 3.05) is 32.0 Å². The molecule has 1 aromatic rings. The Morgan fingerprint density at radius 2 is 2.05 bits per heavy atom. The zero-order chi connectivity index (χ0) is 15.4. The molecule has 1 aliphatic heterocycles. The average Bonchev–Trinajstić information content (AvgIpc) is 3.20. The molecular formula is C16H26N4OS. The van der Waals surface area contributed by atoms with Gasteiger partial charge >= 0.3 is 0 Å². The lowest BCUT2D eigenvalue weighted by atomic mass is 10.0. The summed E-state index contributed by atoms with van der Waals surface area (Å²) in [4.78, 5) is 19.7. The minimum absolute atomic E-state index is 0.0215. The van der Waals surface area contributed by atoms with Crippen LogP contribution < -0.4 is 10.6 Å². The highest BCUT2D eigenvalue weighted by molar-refractivity contribution is 7.17. The van der Waals surface area contributed by atoms with Crippen LogP contribution >= 0.6 is 11.3 Å². The molecule has 6 heteroatoms. The van der Waals surface area contributed by atoms with Crippen LogP contribution in [0.15, 0.2) is 6.20 Å². The van der Waals surface area contributed by atoms with Gasteiger partial charge in [-0.1, -0.05) is 24.2 Å². The van der Waals surface area contributed by atoms with Crippen molar-refractivity contribution in [3.05, 3.63) is 11.1 Å². The molecule has 0 bridgehead atoms. The third kappa shape index (κ3) is 3.98. The summed E-state index contributed by atoms with van der Waals surface area (Å²) in [7, 11) is 1.82. The normalized spacial score (nSPS) is 21.1. The van der Waals surface area contributed by atoms with Crippen molar-refractivity contribution in [3.8, 4) is 0 Å². The van der Waals surface area contributed by atoms with Crippen molar-refractivity contribution >= 4 is 22.4 Å². The van der Waals surface area contributed by atoms with Gasteiger partial charge in [0.15, 0.2) is 5.13 Å². The Balaban J connectivity index is 1.42. The number of hydrogen-bond acceptors (Lipinski definition) is 5. The molecule has 0 radical (unpaired) electrons. The largest absolute Gasteiger partial charge is 0.365 e. The molecule has 2 N–H and O–H groups in total. The van der Waals surface area contributed by atoms with E-state index in [0.29, 0.717) is 10.9 Å². The highest BCUT2D eigenvalue weighted by Crippen LogP contribution is 2.26. The maximum Gasteiger partial charge on any atom is 0.263 e. The van der Waals surface area contributed by atoms with Crippen LogP contribution in [0.3, 0.4) is 0 Å². The molecule has 1 amide bonds. The fourth-order valence-corrected chi connectivity index (χ4v) is 4.24. The molecular weight excluding hydrogens is 296 g/mol. The Morgan fingerprint density at radius 3 is 2.68 bits per heavy atom. The summed E-state index contributed by atoms with van der Waals surface area (Å²) >= 11 is 1.41.